The summed E-state index contributed by atoms with van der Waals surface area (Å²) in [5.74, 6) is 0.371. The van der Waals surface area contributed by atoms with E-state index in [2.05, 4.69) is 19.2 Å². The summed E-state index contributed by atoms with van der Waals surface area (Å²) >= 11 is 1.28. The first-order chi connectivity index (χ1) is 10.1. The van der Waals surface area contributed by atoms with Crippen molar-refractivity contribution in [2.45, 2.75) is 50.8 Å². The molecule has 0 aromatic carbocycles. The maximum atomic E-state index is 12.6. The molecule has 126 valence electrons. The van der Waals surface area contributed by atoms with E-state index in [9.17, 15) is 13.2 Å². The van der Waals surface area contributed by atoms with Crippen LogP contribution in [0.1, 0.15) is 39.0 Å². The molecule has 0 aliphatic heterocycles. The first-order valence-electron chi connectivity index (χ1n) is 7.45. The lowest BCUT2D eigenvalue weighted by atomic mass is 10.1. The van der Waals surface area contributed by atoms with Gasteiger partial charge in [0.05, 0.1) is 0 Å². The Bertz CT molecular complexity index is 594. The van der Waals surface area contributed by atoms with Crippen LogP contribution in [0.5, 0.6) is 0 Å². The molecule has 1 rings (SSSR count). The van der Waals surface area contributed by atoms with Gasteiger partial charge in [-0.2, -0.15) is 4.31 Å². The molecule has 1 atom stereocenters. The van der Waals surface area contributed by atoms with Gasteiger partial charge in [0, 0.05) is 31.4 Å². The van der Waals surface area contributed by atoms with Crippen LogP contribution >= 0.6 is 11.3 Å². The van der Waals surface area contributed by atoms with Crippen LogP contribution in [-0.2, 0) is 21.2 Å². The molecular formula is C15H26N2O3S2. The normalized spacial score (nSPS) is 13.6. The second-order valence-corrected chi connectivity index (χ2v) is 9.35. The number of nitrogens with one attached hydrogen (secondary N) is 1. The third-order valence-corrected chi connectivity index (χ3v) is 7.03. The maximum Gasteiger partial charge on any atom is 0.252 e. The Morgan fingerprint density at radius 3 is 2.50 bits per heavy atom. The molecule has 1 unspecified atom stereocenters. The number of nitrogens with zero attached hydrogens (tertiary/aromatic N) is 1. The van der Waals surface area contributed by atoms with Crippen molar-refractivity contribution in [3.63, 3.8) is 0 Å². The highest BCUT2D eigenvalue weighted by Crippen LogP contribution is 2.26. The highest BCUT2D eigenvalue weighted by molar-refractivity contribution is 7.91. The molecule has 0 saturated heterocycles. The molecule has 0 saturated carbocycles. The molecule has 0 spiro atoms. The summed E-state index contributed by atoms with van der Waals surface area (Å²) in [4.78, 5) is 11.8. The van der Waals surface area contributed by atoms with Gasteiger partial charge in [0.1, 0.15) is 4.21 Å². The van der Waals surface area contributed by atoms with Crippen LogP contribution in [0.3, 0.4) is 0 Å². The van der Waals surface area contributed by atoms with E-state index in [1.165, 1.54) is 22.6 Å². The van der Waals surface area contributed by atoms with Gasteiger partial charge in [-0.05, 0) is 37.8 Å². The summed E-state index contributed by atoms with van der Waals surface area (Å²) in [7, 11) is -1.80. The van der Waals surface area contributed by atoms with Crippen molar-refractivity contribution in [3.8, 4) is 0 Å². The van der Waals surface area contributed by atoms with E-state index >= 15 is 0 Å². The second kappa shape index (κ2) is 8.08. The van der Waals surface area contributed by atoms with Crippen molar-refractivity contribution < 1.29 is 13.2 Å². The highest BCUT2D eigenvalue weighted by Gasteiger charge is 2.27. The van der Waals surface area contributed by atoms with Crippen LogP contribution < -0.4 is 5.32 Å². The van der Waals surface area contributed by atoms with Gasteiger partial charge in [-0.3, -0.25) is 4.79 Å². The van der Waals surface area contributed by atoms with E-state index in [1.54, 1.807) is 13.1 Å². The molecule has 1 heterocycles. The maximum absolute atomic E-state index is 12.6. The average Bonchev–Trinajstić information content (AvgIpc) is 2.86. The molecule has 5 nitrogen and oxygen atoms in total. The van der Waals surface area contributed by atoms with E-state index in [0.29, 0.717) is 23.1 Å². The standard InChI is InChI=1S/C15H26N2O3S2/c1-11(2)10-12(3)17(5)22(19,20)15-7-6-14(21-15)8-9-16-13(4)18/h6-7,11-12H,8-10H2,1-5H3,(H,16,18). The summed E-state index contributed by atoms with van der Waals surface area (Å²) in [5.41, 5.74) is 0. The Labute approximate surface area is 137 Å². The summed E-state index contributed by atoms with van der Waals surface area (Å²) in [5, 5.41) is 2.71. The Morgan fingerprint density at radius 2 is 1.95 bits per heavy atom. The molecule has 1 amide bonds. The Hall–Kier alpha value is -0.920. The fourth-order valence-electron chi connectivity index (χ4n) is 2.20. The quantitative estimate of drug-likeness (QED) is 0.786. The number of carbonyl (C=O) groups is 1. The summed E-state index contributed by atoms with van der Waals surface area (Å²) in [6.45, 7) is 8.09. The zero-order valence-electron chi connectivity index (χ0n) is 13.9. The molecule has 1 aromatic heterocycles. The largest absolute Gasteiger partial charge is 0.356 e. The minimum Gasteiger partial charge on any atom is -0.356 e. The third kappa shape index (κ3) is 5.37. The second-order valence-electron chi connectivity index (χ2n) is 5.95. The number of rotatable bonds is 8. The van der Waals surface area contributed by atoms with E-state index in [4.69, 9.17) is 0 Å². The van der Waals surface area contributed by atoms with Crippen molar-refractivity contribution in [1.29, 1.82) is 0 Å². The van der Waals surface area contributed by atoms with Gasteiger partial charge in [-0.15, -0.1) is 11.3 Å². The van der Waals surface area contributed by atoms with Gasteiger partial charge in [0.2, 0.25) is 5.91 Å². The zero-order valence-corrected chi connectivity index (χ0v) is 15.6. The van der Waals surface area contributed by atoms with Crippen LogP contribution in [0.15, 0.2) is 16.3 Å². The van der Waals surface area contributed by atoms with Gasteiger partial charge in [-0.1, -0.05) is 13.8 Å². The van der Waals surface area contributed by atoms with Crippen LogP contribution in [-0.4, -0.2) is 38.3 Å². The number of sulfonamides is 1. The predicted molar refractivity (Wildman–Crippen MR) is 90.6 cm³/mol. The number of hydrogen-bond acceptors (Lipinski definition) is 4. The monoisotopic (exact) mass is 346 g/mol. The van der Waals surface area contributed by atoms with Gasteiger partial charge in [-0.25, -0.2) is 8.42 Å². The molecule has 0 bridgehead atoms. The predicted octanol–water partition coefficient (Wildman–Crippen LogP) is 2.48. The van der Waals surface area contributed by atoms with Gasteiger partial charge < -0.3 is 5.32 Å². The fourth-order valence-corrected chi connectivity index (χ4v) is 5.12. The van der Waals surface area contributed by atoms with Gasteiger partial charge >= 0.3 is 0 Å². The fraction of sp³-hybridized carbons (Fsp3) is 0.667. The SMILES string of the molecule is CC(=O)NCCc1ccc(S(=O)(=O)N(C)C(C)CC(C)C)s1. The molecule has 0 aliphatic carbocycles. The molecule has 1 aromatic rings. The first-order valence-corrected chi connectivity index (χ1v) is 9.71. The molecule has 7 heteroatoms. The van der Waals surface area contributed by atoms with E-state index in [0.717, 1.165) is 11.3 Å². The molecular weight excluding hydrogens is 320 g/mol. The van der Waals surface area contributed by atoms with Crippen LogP contribution in [0.25, 0.3) is 0 Å². The lowest BCUT2D eigenvalue weighted by molar-refractivity contribution is -0.118. The first kappa shape index (κ1) is 19.1. The lowest BCUT2D eigenvalue weighted by Gasteiger charge is -2.24. The van der Waals surface area contributed by atoms with Gasteiger partial charge in [0.15, 0.2) is 0 Å². The topological polar surface area (TPSA) is 66.5 Å². The minimum atomic E-state index is -3.44. The van der Waals surface area contributed by atoms with Crippen molar-refractivity contribution in [3.05, 3.63) is 17.0 Å². The highest BCUT2D eigenvalue weighted by atomic mass is 32.2. The van der Waals surface area contributed by atoms with Crippen molar-refractivity contribution >= 4 is 27.3 Å². The van der Waals surface area contributed by atoms with Crippen molar-refractivity contribution in [2.75, 3.05) is 13.6 Å². The van der Waals surface area contributed by atoms with E-state index in [1.807, 2.05) is 13.0 Å². The summed E-state index contributed by atoms with van der Waals surface area (Å²) in [6.07, 6.45) is 1.47. The zero-order chi connectivity index (χ0) is 16.9. The Morgan fingerprint density at radius 1 is 1.32 bits per heavy atom. The number of hydrogen-bond donors (Lipinski definition) is 1. The smallest absolute Gasteiger partial charge is 0.252 e. The third-order valence-electron chi connectivity index (χ3n) is 3.45. The van der Waals surface area contributed by atoms with Crippen molar-refractivity contribution in [2.24, 2.45) is 5.92 Å². The Balaban J connectivity index is 2.77. The molecule has 1 N–H and O–H groups in total. The van der Waals surface area contributed by atoms with Crippen LogP contribution in [0.4, 0.5) is 0 Å². The van der Waals surface area contributed by atoms with Crippen LogP contribution in [0, 0.1) is 5.92 Å². The van der Waals surface area contributed by atoms with Gasteiger partial charge in [0.25, 0.3) is 10.0 Å². The van der Waals surface area contributed by atoms with Crippen LogP contribution in [0.2, 0.25) is 0 Å². The van der Waals surface area contributed by atoms with Crippen molar-refractivity contribution in [1.82, 2.24) is 9.62 Å². The summed E-state index contributed by atoms with van der Waals surface area (Å²) in [6, 6.07) is 3.44. The number of carbonyl (C=O) groups excluding carboxylic acids is 1. The number of amides is 1. The molecule has 0 radical (unpaired) electrons. The molecule has 0 fully saturated rings. The number of thiophene rings is 1. The van der Waals surface area contributed by atoms with E-state index < -0.39 is 10.0 Å². The average molecular weight is 347 g/mol. The Kier molecular flexibility index (Phi) is 7.02. The lowest BCUT2D eigenvalue weighted by Crippen LogP contribution is -2.35. The molecule has 22 heavy (non-hydrogen) atoms. The summed E-state index contributed by atoms with van der Waals surface area (Å²) < 4.78 is 27.1. The minimum absolute atomic E-state index is 0.0325. The van der Waals surface area contributed by atoms with E-state index in [-0.39, 0.29) is 11.9 Å². The molecule has 0 aliphatic rings.